The second-order valence-corrected chi connectivity index (χ2v) is 15.0. The van der Waals surface area contributed by atoms with Crippen LogP contribution in [0.5, 0.6) is 0 Å². The van der Waals surface area contributed by atoms with Crippen LogP contribution in [0.15, 0.2) is 18.2 Å². The van der Waals surface area contributed by atoms with Crippen LogP contribution < -0.4 is 16.0 Å². The Bertz CT molecular complexity index is 1230. The average Bonchev–Trinajstić information content (AvgIpc) is 2.88. The molecule has 0 aliphatic carbocycles. The van der Waals surface area contributed by atoms with Crippen molar-refractivity contribution in [3.05, 3.63) is 32.9 Å². The molecule has 1 rings (SSSR count). The smallest absolute Gasteiger partial charge is 0.329 e. The Morgan fingerprint density at radius 3 is 1.78 bits per heavy atom. The van der Waals surface area contributed by atoms with Gasteiger partial charge < -0.3 is 35.0 Å². The number of hydrogen-bond acceptors (Lipinski definition) is 9. The number of nitrogens with one attached hydrogen (secondary N) is 3. The van der Waals surface area contributed by atoms with E-state index in [0.29, 0.717) is 24.9 Å². The molecular formula is C33H50IN3O9. The van der Waals surface area contributed by atoms with Crippen molar-refractivity contribution < 1.29 is 43.0 Å². The van der Waals surface area contributed by atoms with Crippen LogP contribution in [0.1, 0.15) is 110 Å². The average molecular weight is 760 g/mol. The first-order valence-corrected chi connectivity index (χ1v) is 16.4. The van der Waals surface area contributed by atoms with E-state index in [-0.39, 0.29) is 31.6 Å². The van der Waals surface area contributed by atoms with Crippen molar-refractivity contribution >= 4 is 58.7 Å². The van der Waals surface area contributed by atoms with Crippen molar-refractivity contribution in [1.82, 2.24) is 16.0 Å². The van der Waals surface area contributed by atoms with Gasteiger partial charge in [0.2, 0.25) is 0 Å². The van der Waals surface area contributed by atoms with Gasteiger partial charge in [0.1, 0.15) is 35.2 Å². The molecule has 0 aliphatic rings. The molecule has 0 saturated heterocycles. The predicted octanol–water partition coefficient (Wildman–Crippen LogP) is 4.77. The molecule has 0 bridgehead atoms. The standard InChI is InChI=1S/C33H50IN3O9/c1-31(2,3)44-26(39)16-15-25(29(42)46-33(7,8)9)37-30(43)36-24(28(41)45-32(4,5)6)12-10-11-18-35-27(40)22-14-13-21(17-19-38)23(34)20-22/h13-14,19-20,24-25H,10-12,15-18H2,1-9H3,(H,35,40)(H2,36,37,43)/t24-,25-/m0/s1. The molecule has 1 aromatic carbocycles. The van der Waals surface area contributed by atoms with Crippen molar-refractivity contribution in [3.8, 4) is 0 Å². The fourth-order valence-corrected chi connectivity index (χ4v) is 4.71. The molecule has 0 unspecified atom stereocenters. The van der Waals surface area contributed by atoms with Crippen molar-refractivity contribution in [2.75, 3.05) is 6.54 Å². The van der Waals surface area contributed by atoms with E-state index in [4.69, 9.17) is 14.2 Å². The van der Waals surface area contributed by atoms with E-state index in [1.54, 1.807) is 80.5 Å². The molecule has 2 atom stereocenters. The van der Waals surface area contributed by atoms with E-state index in [0.717, 1.165) is 15.4 Å². The molecular weight excluding hydrogens is 709 g/mol. The number of urea groups is 1. The van der Waals surface area contributed by atoms with Crippen LogP contribution in [0.2, 0.25) is 0 Å². The van der Waals surface area contributed by atoms with Gasteiger partial charge in [-0.2, -0.15) is 0 Å². The number of amides is 3. The third-order valence-electron chi connectivity index (χ3n) is 5.87. The first-order chi connectivity index (χ1) is 21.1. The summed E-state index contributed by atoms with van der Waals surface area (Å²) in [6.07, 6.45) is 2.02. The summed E-state index contributed by atoms with van der Waals surface area (Å²) < 4.78 is 17.1. The number of hydrogen-bond donors (Lipinski definition) is 3. The van der Waals surface area contributed by atoms with E-state index in [1.165, 1.54) is 0 Å². The Hall–Kier alpha value is -3.23. The molecule has 258 valence electrons. The number of carbonyl (C=O) groups excluding carboxylic acids is 6. The first-order valence-electron chi connectivity index (χ1n) is 15.3. The normalized spacial score (nSPS) is 13.1. The zero-order valence-electron chi connectivity index (χ0n) is 28.5. The number of ether oxygens (including phenoxy) is 3. The van der Waals surface area contributed by atoms with Crippen LogP contribution in [0, 0.1) is 3.57 Å². The summed E-state index contributed by atoms with van der Waals surface area (Å²) >= 11 is 2.08. The Morgan fingerprint density at radius 1 is 0.783 bits per heavy atom. The van der Waals surface area contributed by atoms with Crippen LogP contribution in [0.25, 0.3) is 0 Å². The fourth-order valence-electron chi connectivity index (χ4n) is 3.98. The van der Waals surface area contributed by atoms with Crippen LogP contribution in [0.4, 0.5) is 4.79 Å². The molecule has 3 amide bonds. The highest BCUT2D eigenvalue weighted by Gasteiger charge is 2.31. The van der Waals surface area contributed by atoms with E-state index in [9.17, 15) is 28.8 Å². The van der Waals surface area contributed by atoms with E-state index < -0.39 is 52.8 Å². The summed E-state index contributed by atoms with van der Waals surface area (Å²) in [7, 11) is 0. The van der Waals surface area contributed by atoms with Crippen molar-refractivity contribution in [2.24, 2.45) is 0 Å². The lowest BCUT2D eigenvalue weighted by Gasteiger charge is -2.27. The molecule has 0 spiro atoms. The van der Waals surface area contributed by atoms with Gasteiger partial charge in [0.25, 0.3) is 5.91 Å². The third kappa shape index (κ3) is 17.5. The highest BCUT2D eigenvalue weighted by atomic mass is 127. The number of halogens is 1. The SMILES string of the molecule is CC(C)(C)OC(=O)CC[C@H](NC(=O)N[C@@H](CCCCNC(=O)c1ccc(CC=O)c(I)c1)C(=O)OC(C)(C)C)C(=O)OC(C)(C)C. The molecule has 3 N–H and O–H groups in total. The van der Waals surface area contributed by atoms with Crippen LogP contribution in [0.3, 0.4) is 0 Å². The summed E-state index contributed by atoms with van der Waals surface area (Å²) in [5.41, 5.74) is -1.05. The molecule has 0 aromatic heterocycles. The number of unbranched alkanes of at least 4 members (excludes halogenated alkanes) is 1. The van der Waals surface area contributed by atoms with Gasteiger partial charge in [-0.1, -0.05) is 6.07 Å². The minimum absolute atomic E-state index is 0.0765. The summed E-state index contributed by atoms with van der Waals surface area (Å²) in [6.45, 7) is 15.7. The lowest BCUT2D eigenvalue weighted by atomic mass is 10.1. The van der Waals surface area contributed by atoms with Crippen LogP contribution in [-0.2, 0) is 39.8 Å². The van der Waals surface area contributed by atoms with Crippen molar-refractivity contribution in [3.63, 3.8) is 0 Å². The minimum Gasteiger partial charge on any atom is -0.460 e. The summed E-state index contributed by atoms with van der Waals surface area (Å²) in [6, 6.07) is 2.09. The number of aldehydes is 1. The molecule has 0 aliphatic heterocycles. The van der Waals surface area contributed by atoms with Crippen LogP contribution >= 0.6 is 22.6 Å². The summed E-state index contributed by atoms with van der Waals surface area (Å²) in [5.74, 6) is -2.19. The largest absolute Gasteiger partial charge is 0.460 e. The predicted molar refractivity (Wildman–Crippen MR) is 181 cm³/mol. The summed E-state index contributed by atoms with van der Waals surface area (Å²) in [4.78, 5) is 74.7. The Labute approximate surface area is 286 Å². The Balaban J connectivity index is 2.87. The van der Waals surface area contributed by atoms with Gasteiger partial charge in [-0.15, -0.1) is 0 Å². The molecule has 0 radical (unpaired) electrons. The Kier molecular flexibility index (Phi) is 16.1. The Morgan fingerprint density at radius 2 is 1.30 bits per heavy atom. The molecule has 0 saturated carbocycles. The highest BCUT2D eigenvalue weighted by Crippen LogP contribution is 2.17. The molecule has 1 aromatic rings. The van der Waals surface area contributed by atoms with Crippen LogP contribution in [-0.4, -0.2) is 71.6 Å². The van der Waals surface area contributed by atoms with Gasteiger partial charge in [0.15, 0.2) is 0 Å². The zero-order valence-corrected chi connectivity index (χ0v) is 30.6. The van der Waals surface area contributed by atoms with Crippen molar-refractivity contribution in [1.29, 1.82) is 0 Å². The van der Waals surface area contributed by atoms with Gasteiger partial charge in [0.05, 0.1) is 0 Å². The second-order valence-electron chi connectivity index (χ2n) is 13.8. The fraction of sp³-hybridized carbons (Fsp3) is 0.636. The number of carbonyl (C=O) groups is 6. The zero-order chi connectivity index (χ0) is 35.3. The quantitative estimate of drug-likeness (QED) is 0.0751. The van der Waals surface area contributed by atoms with Gasteiger partial charge in [-0.25, -0.2) is 14.4 Å². The third-order valence-corrected chi connectivity index (χ3v) is 6.88. The topological polar surface area (TPSA) is 166 Å². The second kappa shape index (κ2) is 18.2. The van der Waals surface area contributed by atoms with E-state index >= 15 is 0 Å². The maximum absolute atomic E-state index is 13.1. The lowest BCUT2D eigenvalue weighted by Crippen LogP contribution is -2.53. The molecule has 0 heterocycles. The minimum atomic E-state index is -1.18. The van der Waals surface area contributed by atoms with Gasteiger partial charge >= 0.3 is 23.9 Å². The van der Waals surface area contributed by atoms with Gasteiger partial charge in [0, 0.05) is 28.5 Å². The van der Waals surface area contributed by atoms with Gasteiger partial charge in [-0.3, -0.25) is 9.59 Å². The lowest BCUT2D eigenvalue weighted by molar-refractivity contribution is -0.159. The maximum Gasteiger partial charge on any atom is 0.329 e. The van der Waals surface area contributed by atoms with E-state index in [1.807, 2.05) is 0 Å². The van der Waals surface area contributed by atoms with E-state index in [2.05, 4.69) is 38.5 Å². The first kappa shape index (κ1) is 40.8. The number of benzene rings is 1. The van der Waals surface area contributed by atoms with Gasteiger partial charge in [-0.05, 0) is 128 Å². The highest BCUT2D eigenvalue weighted by molar-refractivity contribution is 14.1. The molecule has 0 fully saturated rings. The van der Waals surface area contributed by atoms with Crippen molar-refractivity contribution in [2.45, 2.75) is 130 Å². The molecule has 13 heteroatoms. The molecule has 46 heavy (non-hydrogen) atoms. The summed E-state index contributed by atoms with van der Waals surface area (Å²) in [5, 5.41) is 7.98. The number of esters is 3. The monoisotopic (exact) mass is 759 g/mol. The maximum atomic E-state index is 13.1. The number of rotatable bonds is 15. The molecule has 12 nitrogen and oxygen atoms in total.